The number of benzene rings is 8. The molecule has 0 bridgehead atoms. The van der Waals surface area contributed by atoms with Crippen molar-refractivity contribution >= 4 is 34.1 Å². The van der Waals surface area contributed by atoms with E-state index >= 15 is 0 Å². The Kier molecular flexibility index (Phi) is 10.4. The molecule has 2 unspecified atom stereocenters. The second kappa shape index (κ2) is 16.8. The molecule has 8 aromatic carbocycles. The van der Waals surface area contributed by atoms with Crippen LogP contribution >= 0.6 is 0 Å². The van der Waals surface area contributed by atoms with E-state index in [9.17, 15) is 0 Å². The molecule has 1 saturated heterocycles. The van der Waals surface area contributed by atoms with Crippen molar-refractivity contribution < 1.29 is 9.15 Å². The van der Waals surface area contributed by atoms with Crippen LogP contribution in [0.5, 0.6) is 0 Å². The zero-order valence-electron chi connectivity index (χ0n) is 33.2. The van der Waals surface area contributed by atoms with Crippen molar-refractivity contribution in [2.45, 2.75) is 25.0 Å². The standard InChI is InChI=1S/C56H44N2O2/c1-5-13-43(14-6-1)53-37-39-55(59-53)45-25-33-51(34-26-45)57(47-17-9-3-10-18-47)49-29-21-41(22-30-49)42-23-31-50(32-24-42)58(48-19-11-4-12-20-48)52-35-27-46(28-36-52)56-40-38-54(60-56)44-15-7-2-8-16-44/h1-37,39,54,56H,38,40H2. The zero-order chi connectivity index (χ0) is 40.1. The van der Waals surface area contributed by atoms with Crippen molar-refractivity contribution in [2.75, 3.05) is 9.80 Å². The summed E-state index contributed by atoms with van der Waals surface area (Å²) in [4.78, 5) is 4.60. The Bertz CT molecular complexity index is 2750. The van der Waals surface area contributed by atoms with Crippen molar-refractivity contribution in [2.24, 2.45) is 0 Å². The van der Waals surface area contributed by atoms with Gasteiger partial charge in [0, 0.05) is 45.3 Å². The number of hydrogen-bond acceptors (Lipinski definition) is 4. The predicted octanol–water partition coefficient (Wildman–Crippen LogP) is 15.8. The number of anilines is 6. The summed E-state index contributed by atoms with van der Waals surface area (Å²) in [5.41, 5.74) is 13.4. The van der Waals surface area contributed by atoms with Crippen LogP contribution < -0.4 is 9.80 Å². The number of para-hydroxylation sites is 2. The average molecular weight is 777 g/mol. The van der Waals surface area contributed by atoms with Gasteiger partial charge in [-0.3, -0.25) is 0 Å². The lowest BCUT2D eigenvalue weighted by atomic mass is 10.0. The Hall–Kier alpha value is -7.40. The maximum atomic E-state index is 6.54. The second-order valence-corrected chi connectivity index (χ2v) is 15.2. The number of furan rings is 1. The zero-order valence-corrected chi connectivity index (χ0v) is 33.2. The molecule has 9 aromatic rings. The summed E-state index contributed by atoms with van der Waals surface area (Å²) in [7, 11) is 0. The number of nitrogens with zero attached hydrogens (tertiary/aromatic N) is 2. The van der Waals surface area contributed by atoms with Gasteiger partial charge >= 0.3 is 0 Å². The largest absolute Gasteiger partial charge is 0.456 e. The van der Waals surface area contributed by atoms with E-state index in [0.29, 0.717) is 0 Å². The minimum atomic E-state index is 0.0990. The molecule has 290 valence electrons. The van der Waals surface area contributed by atoms with Crippen molar-refractivity contribution in [3.8, 4) is 33.8 Å². The van der Waals surface area contributed by atoms with Gasteiger partial charge in [-0.05, 0) is 132 Å². The lowest BCUT2D eigenvalue weighted by Crippen LogP contribution is -2.10. The quantitative estimate of drug-likeness (QED) is 0.131. The van der Waals surface area contributed by atoms with Crippen LogP contribution in [0.4, 0.5) is 34.1 Å². The summed E-state index contributed by atoms with van der Waals surface area (Å²) in [5.74, 6) is 1.71. The van der Waals surface area contributed by atoms with E-state index in [1.54, 1.807) is 0 Å². The van der Waals surface area contributed by atoms with Crippen LogP contribution in [0.25, 0.3) is 33.8 Å². The highest BCUT2D eigenvalue weighted by molar-refractivity contribution is 5.81. The summed E-state index contributed by atoms with van der Waals surface area (Å²) in [6.45, 7) is 0. The fraction of sp³-hybridized carbons (Fsp3) is 0.0714. The van der Waals surface area contributed by atoms with Gasteiger partial charge in [0.1, 0.15) is 11.5 Å². The summed E-state index contributed by atoms with van der Waals surface area (Å²) >= 11 is 0. The molecule has 0 spiro atoms. The van der Waals surface area contributed by atoms with Gasteiger partial charge in [0.25, 0.3) is 0 Å². The first-order valence-electron chi connectivity index (χ1n) is 20.7. The third-order valence-corrected chi connectivity index (χ3v) is 11.4. The molecule has 0 radical (unpaired) electrons. The second-order valence-electron chi connectivity index (χ2n) is 15.2. The number of hydrogen-bond donors (Lipinski definition) is 0. The van der Waals surface area contributed by atoms with Crippen LogP contribution in [0.2, 0.25) is 0 Å². The lowest BCUT2D eigenvalue weighted by Gasteiger charge is -2.26. The van der Waals surface area contributed by atoms with Gasteiger partial charge in [0.2, 0.25) is 0 Å². The fourth-order valence-corrected chi connectivity index (χ4v) is 8.31. The summed E-state index contributed by atoms with van der Waals surface area (Å²) in [6, 6.07) is 81.2. The molecule has 1 aliphatic rings. The fourth-order valence-electron chi connectivity index (χ4n) is 8.31. The minimum Gasteiger partial charge on any atom is -0.456 e. The first kappa shape index (κ1) is 36.9. The Labute approximate surface area is 352 Å². The molecule has 10 rings (SSSR count). The monoisotopic (exact) mass is 776 g/mol. The highest BCUT2D eigenvalue weighted by Gasteiger charge is 2.28. The van der Waals surface area contributed by atoms with Gasteiger partial charge in [-0.15, -0.1) is 0 Å². The average Bonchev–Trinajstić information content (AvgIpc) is 4.04. The predicted molar refractivity (Wildman–Crippen MR) is 247 cm³/mol. The molecule has 60 heavy (non-hydrogen) atoms. The summed E-state index contributed by atoms with van der Waals surface area (Å²) in [6.07, 6.45) is 2.30. The molecule has 0 N–H and O–H groups in total. The molecule has 0 aliphatic carbocycles. The third kappa shape index (κ3) is 7.77. The van der Waals surface area contributed by atoms with Crippen LogP contribution in [0.3, 0.4) is 0 Å². The summed E-state index contributed by atoms with van der Waals surface area (Å²) in [5, 5.41) is 0. The highest BCUT2D eigenvalue weighted by Crippen LogP contribution is 2.43. The van der Waals surface area contributed by atoms with Crippen LogP contribution in [0.1, 0.15) is 36.2 Å². The number of ether oxygens (including phenoxy) is 1. The van der Waals surface area contributed by atoms with Gasteiger partial charge in [0.05, 0.1) is 12.2 Å². The molecule has 2 heterocycles. The maximum Gasteiger partial charge on any atom is 0.134 e. The summed E-state index contributed by atoms with van der Waals surface area (Å²) < 4.78 is 12.8. The van der Waals surface area contributed by atoms with Crippen LogP contribution in [-0.2, 0) is 4.74 Å². The van der Waals surface area contributed by atoms with Crippen LogP contribution in [0, 0.1) is 0 Å². The molecular formula is C56H44N2O2. The van der Waals surface area contributed by atoms with Crippen molar-refractivity contribution in [3.63, 3.8) is 0 Å². The van der Waals surface area contributed by atoms with E-state index in [-0.39, 0.29) is 12.2 Å². The van der Waals surface area contributed by atoms with Gasteiger partial charge in [-0.25, -0.2) is 0 Å². The number of rotatable bonds is 11. The molecule has 1 aromatic heterocycles. The van der Waals surface area contributed by atoms with Crippen LogP contribution in [-0.4, -0.2) is 0 Å². The minimum absolute atomic E-state index is 0.0990. The topological polar surface area (TPSA) is 28.9 Å². The molecule has 4 heteroatoms. The molecule has 4 nitrogen and oxygen atoms in total. The van der Waals surface area contributed by atoms with E-state index in [4.69, 9.17) is 9.15 Å². The van der Waals surface area contributed by atoms with Crippen molar-refractivity contribution in [1.82, 2.24) is 0 Å². The maximum absolute atomic E-state index is 6.54. The van der Waals surface area contributed by atoms with Gasteiger partial charge in [-0.2, -0.15) is 0 Å². The molecular weight excluding hydrogens is 733 g/mol. The lowest BCUT2D eigenvalue weighted by molar-refractivity contribution is 0.0441. The molecule has 0 saturated carbocycles. The van der Waals surface area contributed by atoms with Gasteiger partial charge in [0.15, 0.2) is 0 Å². The smallest absolute Gasteiger partial charge is 0.134 e. The Morgan fingerprint density at radius 3 is 1.03 bits per heavy atom. The van der Waals surface area contributed by atoms with Gasteiger partial charge < -0.3 is 19.0 Å². The third-order valence-electron chi connectivity index (χ3n) is 11.4. The first-order valence-corrected chi connectivity index (χ1v) is 20.7. The molecule has 0 amide bonds. The highest BCUT2D eigenvalue weighted by atomic mass is 16.5. The Morgan fingerprint density at radius 2 is 0.600 bits per heavy atom. The van der Waals surface area contributed by atoms with E-state index in [0.717, 1.165) is 80.7 Å². The Morgan fingerprint density at radius 1 is 0.283 bits per heavy atom. The normalized spacial score (nSPS) is 14.8. The van der Waals surface area contributed by atoms with Crippen LogP contribution in [0.15, 0.2) is 235 Å². The van der Waals surface area contributed by atoms with E-state index < -0.39 is 0 Å². The van der Waals surface area contributed by atoms with Gasteiger partial charge in [-0.1, -0.05) is 133 Å². The Balaban J connectivity index is 0.883. The first-order chi connectivity index (χ1) is 29.7. The molecule has 1 fully saturated rings. The van der Waals surface area contributed by atoms with Crippen molar-refractivity contribution in [1.29, 1.82) is 0 Å². The SMILES string of the molecule is c1ccc(-c2ccc(-c3ccc(N(c4ccccc4)c4ccc(-c5ccc(N(c6ccccc6)c6ccc(C7CCC(c8ccccc8)O7)cc6)cc5)cc4)cc3)o2)cc1. The van der Waals surface area contributed by atoms with Crippen molar-refractivity contribution in [3.05, 3.63) is 242 Å². The molecule has 2 atom stereocenters. The van der Waals surface area contributed by atoms with E-state index in [2.05, 4.69) is 210 Å². The van der Waals surface area contributed by atoms with E-state index in [1.165, 1.54) is 11.1 Å². The molecule has 1 aliphatic heterocycles. The van der Waals surface area contributed by atoms with E-state index in [1.807, 2.05) is 30.3 Å².